The summed E-state index contributed by atoms with van der Waals surface area (Å²) in [4.78, 5) is 27.5. The van der Waals surface area contributed by atoms with Gasteiger partial charge in [0.1, 0.15) is 0 Å². The maximum absolute atomic E-state index is 13.7. The first-order valence-corrected chi connectivity index (χ1v) is 13.4. The molecule has 0 amide bonds. The van der Waals surface area contributed by atoms with E-state index in [1.165, 1.54) is 0 Å². The van der Waals surface area contributed by atoms with E-state index in [-0.39, 0.29) is 10.9 Å². The number of hydrogen-bond donors (Lipinski definition) is 0. The molecular weight excluding hydrogens is 576 g/mol. The van der Waals surface area contributed by atoms with Gasteiger partial charge in [0.05, 0.1) is 0 Å². The van der Waals surface area contributed by atoms with Gasteiger partial charge >= 0.3 is 0 Å². The molecule has 0 aliphatic rings. The van der Waals surface area contributed by atoms with Crippen molar-refractivity contribution in [3.63, 3.8) is 0 Å². The monoisotopic (exact) mass is 590 g/mol. The summed E-state index contributed by atoms with van der Waals surface area (Å²) in [6, 6.07) is 20.6. The van der Waals surface area contributed by atoms with Crippen molar-refractivity contribution < 1.29 is 0 Å². The molecule has 2 nitrogen and oxygen atoms in total. The van der Waals surface area contributed by atoms with Crippen LogP contribution in [0, 0.1) is 13.8 Å². The lowest BCUT2D eigenvalue weighted by Gasteiger charge is -2.19. The molecule has 0 aromatic heterocycles. The molecule has 0 N–H and O–H groups in total. The molecule has 0 radical (unpaired) electrons. The second-order valence-corrected chi connectivity index (χ2v) is 11.7. The highest BCUT2D eigenvalue weighted by atomic mass is 79.9. The molecule has 8 aromatic rings. The van der Waals surface area contributed by atoms with E-state index in [2.05, 4.69) is 68.3 Å². The van der Waals surface area contributed by atoms with E-state index in [0.717, 1.165) is 95.5 Å². The Morgan fingerprint density at radius 2 is 0.861 bits per heavy atom. The second kappa shape index (κ2) is 6.70. The van der Waals surface area contributed by atoms with Gasteiger partial charge in [0.25, 0.3) is 0 Å². The lowest BCUT2D eigenvalue weighted by molar-refractivity contribution is 1.49. The Morgan fingerprint density at radius 1 is 0.444 bits per heavy atom. The lowest BCUT2D eigenvalue weighted by Crippen LogP contribution is -2.07. The zero-order valence-electron chi connectivity index (χ0n) is 19.3. The third-order valence-corrected chi connectivity index (χ3v) is 9.10. The lowest BCUT2D eigenvalue weighted by atomic mass is 9.83. The SMILES string of the molecule is Cc1cc(Br)c2c(c1)c(=O)c1ccc3cc4c5c(Br)cc(C)cc5c(=O)c5ccc6cc2c1c3c6c54. The van der Waals surface area contributed by atoms with Gasteiger partial charge in [0.2, 0.25) is 0 Å². The number of rotatable bonds is 0. The highest BCUT2D eigenvalue weighted by molar-refractivity contribution is 9.11. The van der Waals surface area contributed by atoms with E-state index in [0.29, 0.717) is 0 Å². The van der Waals surface area contributed by atoms with Gasteiger partial charge in [0, 0.05) is 52.0 Å². The maximum Gasteiger partial charge on any atom is 0.194 e. The van der Waals surface area contributed by atoms with Gasteiger partial charge in [-0.25, -0.2) is 0 Å². The molecular formula is C32H16Br2O2. The van der Waals surface area contributed by atoms with E-state index in [9.17, 15) is 9.59 Å². The van der Waals surface area contributed by atoms with Crippen molar-refractivity contribution in [2.24, 2.45) is 0 Å². The van der Waals surface area contributed by atoms with Crippen LogP contribution in [-0.4, -0.2) is 0 Å². The molecule has 8 rings (SSSR count). The molecule has 0 atom stereocenters. The Labute approximate surface area is 221 Å². The molecule has 0 bridgehead atoms. The zero-order valence-corrected chi connectivity index (χ0v) is 22.5. The number of halogens is 2. The molecule has 0 aliphatic heterocycles. The smallest absolute Gasteiger partial charge is 0.194 e. The maximum atomic E-state index is 13.7. The molecule has 36 heavy (non-hydrogen) atoms. The fraction of sp³-hybridized carbons (Fsp3) is 0.0625. The van der Waals surface area contributed by atoms with Crippen LogP contribution in [0.3, 0.4) is 0 Å². The van der Waals surface area contributed by atoms with E-state index < -0.39 is 0 Å². The average Bonchev–Trinajstić information content (AvgIpc) is 2.84. The summed E-state index contributed by atoms with van der Waals surface area (Å²) >= 11 is 7.51. The zero-order chi connectivity index (χ0) is 24.6. The Bertz CT molecular complexity index is 2220. The van der Waals surface area contributed by atoms with Crippen LogP contribution in [0.2, 0.25) is 0 Å². The molecule has 0 saturated carbocycles. The Balaban J connectivity index is 1.77. The van der Waals surface area contributed by atoms with Crippen molar-refractivity contribution in [3.05, 3.63) is 101 Å². The first-order valence-electron chi connectivity index (χ1n) is 11.8. The first-order chi connectivity index (χ1) is 17.3. The van der Waals surface area contributed by atoms with Crippen LogP contribution < -0.4 is 10.9 Å². The number of benzene rings is 8. The molecule has 0 unspecified atom stereocenters. The largest absolute Gasteiger partial charge is 0.289 e. The van der Waals surface area contributed by atoms with Gasteiger partial charge in [-0.05, 0) is 106 Å². The molecule has 0 aliphatic carbocycles. The quantitative estimate of drug-likeness (QED) is 0.130. The van der Waals surface area contributed by atoms with Gasteiger partial charge in [-0.2, -0.15) is 0 Å². The van der Waals surface area contributed by atoms with Crippen LogP contribution in [0.15, 0.2) is 79.2 Å². The minimum absolute atomic E-state index is 0.0482. The van der Waals surface area contributed by atoms with Crippen molar-refractivity contribution in [3.8, 4) is 0 Å². The molecule has 4 heteroatoms. The van der Waals surface area contributed by atoms with Gasteiger partial charge < -0.3 is 0 Å². The standard InChI is InChI=1S/C32H16Br2O2/c1-13-7-21-27(23(33)9-13)19-11-15-4-6-18-30-20(28-22(32(18)36)8-14(2)10-24(28)34)12-16-3-5-17(31(21)35)29(19)25(16)26(15)30/h3-12H,1-2H3. The van der Waals surface area contributed by atoms with Crippen LogP contribution in [0.4, 0.5) is 0 Å². The van der Waals surface area contributed by atoms with Gasteiger partial charge in [-0.1, -0.05) is 44.0 Å². The molecule has 0 heterocycles. The highest BCUT2D eigenvalue weighted by Gasteiger charge is 2.23. The van der Waals surface area contributed by atoms with Gasteiger partial charge in [0.15, 0.2) is 10.9 Å². The van der Waals surface area contributed by atoms with Crippen LogP contribution in [0.1, 0.15) is 11.1 Å². The van der Waals surface area contributed by atoms with E-state index >= 15 is 0 Å². The summed E-state index contributed by atoms with van der Waals surface area (Å²) in [5.41, 5.74) is 2.19. The van der Waals surface area contributed by atoms with Crippen molar-refractivity contribution in [1.82, 2.24) is 0 Å². The molecule has 0 saturated heterocycles. The minimum Gasteiger partial charge on any atom is -0.289 e. The Kier molecular flexibility index (Phi) is 3.87. The predicted octanol–water partition coefficient (Wildman–Crippen LogP) is 8.93. The fourth-order valence-electron chi connectivity index (χ4n) is 6.48. The van der Waals surface area contributed by atoms with Crippen molar-refractivity contribution in [2.45, 2.75) is 13.8 Å². The highest BCUT2D eigenvalue weighted by Crippen LogP contribution is 2.46. The first kappa shape index (κ1) is 20.8. The topological polar surface area (TPSA) is 34.1 Å². The normalized spacial score (nSPS) is 12.7. The van der Waals surface area contributed by atoms with Crippen molar-refractivity contribution >= 4 is 107 Å². The number of aryl methyl sites for hydroxylation is 2. The fourth-order valence-corrected chi connectivity index (χ4v) is 8.06. The van der Waals surface area contributed by atoms with Crippen LogP contribution in [0.25, 0.3) is 75.4 Å². The third kappa shape index (κ3) is 2.37. The summed E-state index contributed by atoms with van der Waals surface area (Å²) in [5, 5.41) is 13.2. The summed E-state index contributed by atoms with van der Waals surface area (Å²) < 4.78 is 1.86. The molecule has 0 fully saturated rings. The molecule has 170 valence electrons. The number of fused-ring (bicyclic) bond motifs is 4. The molecule has 8 aromatic carbocycles. The van der Waals surface area contributed by atoms with E-state index in [4.69, 9.17) is 0 Å². The minimum atomic E-state index is 0.0482. The second-order valence-electron chi connectivity index (χ2n) is 10.0. The molecule has 0 spiro atoms. The van der Waals surface area contributed by atoms with Crippen LogP contribution >= 0.6 is 31.9 Å². The van der Waals surface area contributed by atoms with E-state index in [1.54, 1.807) is 0 Å². The van der Waals surface area contributed by atoms with Crippen molar-refractivity contribution in [2.75, 3.05) is 0 Å². The Morgan fingerprint density at radius 3 is 1.28 bits per heavy atom. The van der Waals surface area contributed by atoms with Gasteiger partial charge in [-0.3, -0.25) is 9.59 Å². The van der Waals surface area contributed by atoms with E-state index in [1.807, 2.05) is 38.1 Å². The summed E-state index contributed by atoms with van der Waals surface area (Å²) in [7, 11) is 0. The van der Waals surface area contributed by atoms with Crippen LogP contribution in [-0.2, 0) is 0 Å². The third-order valence-electron chi connectivity index (χ3n) is 7.85. The number of hydrogen-bond acceptors (Lipinski definition) is 2. The van der Waals surface area contributed by atoms with Crippen molar-refractivity contribution in [1.29, 1.82) is 0 Å². The van der Waals surface area contributed by atoms with Crippen LogP contribution in [0.5, 0.6) is 0 Å². The predicted molar refractivity (Wildman–Crippen MR) is 160 cm³/mol. The van der Waals surface area contributed by atoms with Gasteiger partial charge in [-0.15, -0.1) is 0 Å². The summed E-state index contributed by atoms with van der Waals surface area (Å²) in [6.45, 7) is 4.02. The summed E-state index contributed by atoms with van der Waals surface area (Å²) in [5.74, 6) is 0. The average molecular weight is 592 g/mol. The Hall–Kier alpha value is -3.34. The summed E-state index contributed by atoms with van der Waals surface area (Å²) in [6.07, 6.45) is 0.